The average Bonchev–Trinajstić information content (AvgIpc) is 3.15. The second-order valence-electron chi connectivity index (χ2n) is 5.59. The molecule has 1 aromatic heterocycles. The lowest BCUT2D eigenvalue weighted by Gasteiger charge is -2.12. The number of hydrogen-bond acceptors (Lipinski definition) is 5. The highest BCUT2D eigenvalue weighted by Crippen LogP contribution is 2.23. The van der Waals surface area contributed by atoms with E-state index in [0.717, 1.165) is 0 Å². The minimum atomic E-state index is -3.55. The van der Waals surface area contributed by atoms with Gasteiger partial charge >= 0.3 is 0 Å². The third-order valence-electron chi connectivity index (χ3n) is 3.47. The van der Waals surface area contributed by atoms with E-state index in [-0.39, 0.29) is 10.9 Å². The fraction of sp³-hybridized carbons (Fsp3) is 0.714. The number of aryl methyl sites for hydroxylation is 1. The SMILES string of the molecule is COCCC(C)NS(=O)(=O)c1cc(CNC2CC2)oc1C. The summed E-state index contributed by atoms with van der Waals surface area (Å²) in [6.07, 6.45) is 3.00. The molecule has 0 saturated heterocycles. The normalized spacial score (nSPS) is 17.1. The molecule has 1 aromatic rings. The van der Waals surface area contributed by atoms with Crippen LogP contribution in [0.2, 0.25) is 0 Å². The Balaban J connectivity index is 2.00. The van der Waals surface area contributed by atoms with E-state index in [9.17, 15) is 8.42 Å². The van der Waals surface area contributed by atoms with Gasteiger partial charge in [-0.1, -0.05) is 0 Å². The third-order valence-corrected chi connectivity index (χ3v) is 5.16. The van der Waals surface area contributed by atoms with Crippen LogP contribution in [0, 0.1) is 6.92 Å². The number of nitrogens with one attached hydrogen (secondary N) is 2. The Bertz CT molecular complexity index is 564. The van der Waals surface area contributed by atoms with Crippen LogP contribution in [0.4, 0.5) is 0 Å². The van der Waals surface area contributed by atoms with Crippen molar-refractivity contribution in [3.63, 3.8) is 0 Å². The first-order chi connectivity index (χ1) is 9.92. The molecule has 0 radical (unpaired) electrons. The van der Waals surface area contributed by atoms with E-state index in [1.165, 1.54) is 12.8 Å². The first-order valence-electron chi connectivity index (χ1n) is 7.26. The zero-order valence-corrected chi connectivity index (χ0v) is 13.6. The summed E-state index contributed by atoms with van der Waals surface area (Å²) in [5, 5.41) is 3.31. The van der Waals surface area contributed by atoms with Crippen molar-refractivity contribution in [3.8, 4) is 0 Å². The quantitative estimate of drug-likeness (QED) is 0.722. The molecule has 0 aliphatic heterocycles. The molecule has 6 nitrogen and oxygen atoms in total. The van der Waals surface area contributed by atoms with Gasteiger partial charge in [0.1, 0.15) is 16.4 Å². The summed E-state index contributed by atoms with van der Waals surface area (Å²) in [6.45, 7) is 4.58. The molecular weight excluding hydrogens is 292 g/mol. The average molecular weight is 316 g/mol. The summed E-state index contributed by atoms with van der Waals surface area (Å²) < 4.78 is 37.9. The van der Waals surface area contributed by atoms with Gasteiger partial charge in [0.25, 0.3) is 0 Å². The second-order valence-corrected chi connectivity index (χ2v) is 7.27. The molecule has 120 valence electrons. The third kappa shape index (κ3) is 4.81. The Morgan fingerprint density at radius 3 is 2.81 bits per heavy atom. The summed E-state index contributed by atoms with van der Waals surface area (Å²) >= 11 is 0. The van der Waals surface area contributed by atoms with E-state index in [0.29, 0.717) is 37.1 Å². The van der Waals surface area contributed by atoms with Gasteiger partial charge in [0.2, 0.25) is 10.0 Å². The molecule has 2 rings (SSSR count). The Morgan fingerprint density at radius 2 is 2.19 bits per heavy atom. The highest BCUT2D eigenvalue weighted by atomic mass is 32.2. The molecule has 1 unspecified atom stereocenters. The van der Waals surface area contributed by atoms with Crippen molar-refractivity contribution in [1.82, 2.24) is 10.0 Å². The highest BCUT2D eigenvalue weighted by Gasteiger charge is 2.25. The van der Waals surface area contributed by atoms with Crippen molar-refractivity contribution in [2.24, 2.45) is 0 Å². The Kier molecular flexibility index (Phi) is 5.43. The zero-order valence-electron chi connectivity index (χ0n) is 12.8. The van der Waals surface area contributed by atoms with Gasteiger partial charge in [0.15, 0.2) is 0 Å². The summed E-state index contributed by atoms with van der Waals surface area (Å²) in [5.74, 6) is 1.08. The number of rotatable bonds is 9. The standard InChI is InChI=1S/C14H24N2O4S/c1-10(6-7-19-3)16-21(17,18)14-8-13(20-11(14)2)9-15-12-4-5-12/h8,10,12,15-16H,4-7,9H2,1-3H3. The molecule has 1 atom stereocenters. The molecule has 0 bridgehead atoms. The lowest BCUT2D eigenvalue weighted by atomic mass is 10.3. The number of furan rings is 1. The maximum atomic E-state index is 12.4. The van der Waals surface area contributed by atoms with Gasteiger partial charge in [0, 0.05) is 31.9 Å². The van der Waals surface area contributed by atoms with Crippen molar-refractivity contribution in [3.05, 3.63) is 17.6 Å². The summed E-state index contributed by atoms with van der Waals surface area (Å²) in [5.41, 5.74) is 0. The van der Waals surface area contributed by atoms with Crippen LogP contribution in [0.25, 0.3) is 0 Å². The molecule has 21 heavy (non-hydrogen) atoms. The van der Waals surface area contributed by atoms with Crippen LogP contribution in [0.1, 0.15) is 37.7 Å². The predicted molar refractivity (Wildman–Crippen MR) is 79.6 cm³/mol. The Labute approximate surface area is 126 Å². The van der Waals surface area contributed by atoms with E-state index in [1.807, 2.05) is 6.92 Å². The number of sulfonamides is 1. The Morgan fingerprint density at radius 1 is 1.48 bits per heavy atom. The summed E-state index contributed by atoms with van der Waals surface area (Å²) in [7, 11) is -1.95. The van der Waals surface area contributed by atoms with Crippen LogP contribution in [-0.4, -0.2) is 34.2 Å². The van der Waals surface area contributed by atoms with E-state index < -0.39 is 10.0 Å². The number of ether oxygens (including phenoxy) is 1. The van der Waals surface area contributed by atoms with Crippen LogP contribution < -0.4 is 10.0 Å². The minimum Gasteiger partial charge on any atom is -0.464 e. The zero-order chi connectivity index (χ0) is 15.5. The molecule has 2 N–H and O–H groups in total. The second kappa shape index (κ2) is 6.91. The maximum absolute atomic E-state index is 12.4. The van der Waals surface area contributed by atoms with Crippen LogP contribution in [0.15, 0.2) is 15.4 Å². The molecule has 0 aromatic carbocycles. The molecule has 0 amide bonds. The van der Waals surface area contributed by atoms with Gasteiger partial charge in [-0.05, 0) is 33.1 Å². The van der Waals surface area contributed by atoms with Gasteiger partial charge in [-0.3, -0.25) is 0 Å². The largest absolute Gasteiger partial charge is 0.464 e. The first kappa shape index (κ1) is 16.5. The van der Waals surface area contributed by atoms with Gasteiger partial charge in [-0.2, -0.15) is 0 Å². The van der Waals surface area contributed by atoms with E-state index in [2.05, 4.69) is 10.0 Å². The van der Waals surface area contributed by atoms with Crippen LogP contribution in [0.3, 0.4) is 0 Å². The van der Waals surface area contributed by atoms with E-state index in [4.69, 9.17) is 9.15 Å². The number of hydrogen-bond donors (Lipinski definition) is 2. The number of methoxy groups -OCH3 is 1. The maximum Gasteiger partial charge on any atom is 0.244 e. The van der Waals surface area contributed by atoms with Crippen LogP contribution in [0.5, 0.6) is 0 Å². The van der Waals surface area contributed by atoms with Crippen molar-refractivity contribution >= 4 is 10.0 Å². The van der Waals surface area contributed by atoms with Crippen LogP contribution >= 0.6 is 0 Å². The van der Waals surface area contributed by atoms with E-state index >= 15 is 0 Å². The molecule has 7 heteroatoms. The fourth-order valence-electron chi connectivity index (χ4n) is 2.09. The van der Waals surface area contributed by atoms with Gasteiger partial charge in [0.05, 0.1) is 6.54 Å². The highest BCUT2D eigenvalue weighted by molar-refractivity contribution is 7.89. The molecule has 1 aliphatic rings. The van der Waals surface area contributed by atoms with Crippen molar-refractivity contribution in [2.45, 2.75) is 56.6 Å². The predicted octanol–water partition coefficient (Wildman–Crippen LogP) is 1.54. The summed E-state index contributed by atoms with van der Waals surface area (Å²) in [6, 6.07) is 1.98. The molecular formula is C14H24N2O4S. The Hall–Kier alpha value is -0.890. The van der Waals surface area contributed by atoms with Gasteiger partial charge in [-0.25, -0.2) is 13.1 Å². The van der Waals surface area contributed by atoms with Crippen molar-refractivity contribution < 1.29 is 17.6 Å². The molecule has 1 aliphatic carbocycles. The van der Waals surface area contributed by atoms with Gasteiger partial charge in [-0.15, -0.1) is 0 Å². The van der Waals surface area contributed by atoms with E-state index in [1.54, 1.807) is 20.1 Å². The first-order valence-corrected chi connectivity index (χ1v) is 8.74. The molecule has 1 heterocycles. The van der Waals surface area contributed by atoms with Gasteiger partial charge < -0.3 is 14.5 Å². The van der Waals surface area contributed by atoms with Crippen LogP contribution in [-0.2, 0) is 21.3 Å². The topological polar surface area (TPSA) is 80.6 Å². The monoisotopic (exact) mass is 316 g/mol. The smallest absolute Gasteiger partial charge is 0.244 e. The summed E-state index contributed by atoms with van der Waals surface area (Å²) in [4.78, 5) is 0.222. The lowest BCUT2D eigenvalue weighted by Crippen LogP contribution is -2.33. The molecule has 1 fully saturated rings. The fourth-order valence-corrected chi connectivity index (χ4v) is 3.57. The van der Waals surface area contributed by atoms with Crippen molar-refractivity contribution in [2.75, 3.05) is 13.7 Å². The molecule has 0 spiro atoms. The lowest BCUT2D eigenvalue weighted by molar-refractivity contribution is 0.188. The minimum absolute atomic E-state index is 0.183. The molecule has 1 saturated carbocycles. The van der Waals surface area contributed by atoms with Crippen molar-refractivity contribution in [1.29, 1.82) is 0 Å².